The molecule has 2 atom stereocenters. The third kappa shape index (κ3) is 4.32. The highest BCUT2D eigenvalue weighted by atomic mass is 16.3. The van der Waals surface area contributed by atoms with Crippen LogP contribution in [0, 0.1) is 25.7 Å². The molecular formula is C20H29N5O3. The number of aromatic nitrogens is 4. The van der Waals surface area contributed by atoms with Crippen LogP contribution in [0.3, 0.4) is 0 Å². The van der Waals surface area contributed by atoms with E-state index >= 15 is 0 Å². The average molecular weight is 387 g/mol. The Labute approximate surface area is 164 Å². The van der Waals surface area contributed by atoms with E-state index in [-0.39, 0.29) is 42.2 Å². The van der Waals surface area contributed by atoms with E-state index in [0.29, 0.717) is 11.8 Å². The van der Waals surface area contributed by atoms with E-state index in [0.717, 1.165) is 24.2 Å². The fourth-order valence-electron chi connectivity index (χ4n) is 4.27. The quantitative estimate of drug-likeness (QED) is 0.722. The SMILES string of the molecule is Cc1cc(C)nc(-n2[nH]c(C(=O)NC3CC(C)CC(C)C3)c(CCO)c2=O)n1. The molecule has 1 aliphatic rings. The van der Waals surface area contributed by atoms with Crippen molar-refractivity contribution in [2.45, 2.75) is 59.4 Å². The summed E-state index contributed by atoms with van der Waals surface area (Å²) in [4.78, 5) is 34.4. The summed E-state index contributed by atoms with van der Waals surface area (Å²) in [6, 6.07) is 1.89. The van der Waals surface area contributed by atoms with Crippen LogP contribution in [0.1, 0.15) is 60.5 Å². The minimum absolute atomic E-state index is 0.0811. The van der Waals surface area contributed by atoms with E-state index in [1.165, 1.54) is 11.1 Å². The van der Waals surface area contributed by atoms with Crippen molar-refractivity contribution in [3.63, 3.8) is 0 Å². The Morgan fingerprint density at radius 2 is 1.82 bits per heavy atom. The number of aryl methyl sites for hydroxylation is 2. The van der Waals surface area contributed by atoms with Gasteiger partial charge in [0, 0.05) is 30.5 Å². The summed E-state index contributed by atoms with van der Waals surface area (Å²) in [5, 5.41) is 15.3. The van der Waals surface area contributed by atoms with Crippen molar-refractivity contribution < 1.29 is 9.90 Å². The molecular weight excluding hydrogens is 358 g/mol. The summed E-state index contributed by atoms with van der Waals surface area (Å²) >= 11 is 0. The van der Waals surface area contributed by atoms with Crippen molar-refractivity contribution in [3.05, 3.63) is 39.1 Å². The second-order valence-electron chi connectivity index (χ2n) is 8.12. The Morgan fingerprint density at radius 1 is 1.21 bits per heavy atom. The van der Waals surface area contributed by atoms with Crippen molar-refractivity contribution in [1.29, 1.82) is 0 Å². The predicted octanol–water partition coefficient (Wildman–Crippen LogP) is 1.66. The van der Waals surface area contributed by atoms with Crippen molar-refractivity contribution in [2.24, 2.45) is 11.8 Å². The molecule has 2 heterocycles. The summed E-state index contributed by atoms with van der Waals surface area (Å²) in [6.07, 6.45) is 3.11. The number of hydrogen-bond donors (Lipinski definition) is 3. The van der Waals surface area contributed by atoms with Crippen molar-refractivity contribution in [3.8, 4) is 5.95 Å². The van der Waals surface area contributed by atoms with Gasteiger partial charge < -0.3 is 10.4 Å². The predicted molar refractivity (Wildman–Crippen MR) is 106 cm³/mol. The van der Waals surface area contributed by atoms with E-state index in [1.54, 1.807) is 0 Å². The zero-order valence-electron chi connectivity index (χ0n) is 17.0. The number of carbonyl (C=O) groups is 1. The molecule has 2 aromatic heterocycles. The first-order valence-corrected chi connectivity index (χ1v) is 9.86. The average Bonchev–Trinajstić information content (AvgIpc) is 2.90. The summed E-state index contributed by atoms with van der Waals surface area (Å²) in [5.74, 6) is 0.979. The van der Waals surface area contributed by atoms with Gasteiger partial charge in [0.15, 0.2) is 0 Å². The molecule has 1 amide bonds. The van der Waals surface area contributed by atoms with Crippen LogP contribution in [0.2, 0.25) is 0 Å². The topological polar surface area (TPSA) is 113 Å². The van der Waals surface area contributed by atoms with Crippen LogP contribution in [0.15, 0.2) is 10.9 Å². The van der Waals surface area contributed by atoms with E-state index in [9.17, 15) is 14.7 Å². The minimum atomic E-state index is -0.408. The first-order valence-electron chi connectivity index (χ1n) is 9.86. The fourth-order valence-corrected chi connectivity index (χ4v) is 4.27. The van der Waals surface area contributed by atoms with Gasteiger partial charge in [0.25, 0.3) is 17.4 Å². The van der Waals surface area contributed by atoms with Gasteiger partial charge in [-0.3, -0.25) is 14.7 Å². The van der Waals surface area contributed by atoms with Crippen LogP contribution in [0.5, 0.6) is 0 Å². The zero-order chi connectivity index (χ0) is 20.4. The Balaban J connectivity index is 1.93. The molecule has 8 nitrogen and oxygen atoms in total. The molecule has 0 radical (unpaired) electrons. The second kappa shape index (κ2) is 8.26. The number of H-pyrrole nitrogens is 1. The number of aliphatic hydroxyl groups is 1. The monoisotopic (exact) mass is 387 g/mol. The maximum atomic E-state index is 12.9. The minimum Gasteiger partial charge on any atom is -0.396 e. The molecule has 0 saturated heterocycles. The van der Waals surface area contributed by atoms with Crippen LogP contribution in [0.4, 0.5) is 0 Å². The smallest absolute Gasteiger partial charge is 0.277 e. The number of rotatable bonds is 5. The molecule has 2 unspecified atom stereocenters. The third-order valence-electron chi connectivity index (χ3n) is 5.26. The molecule has 2 aromatic rings. The van der Waals surface area contributed by atoms with Gasteiger partial charge in [0.05, 0.1) is 5.56 Å². The molecule has 152 valence electrons. The molecule has 0 spiro atoms. The Bertz CT molecular complexity index is 887. The molecule has 1 saturated carbocycles. The Morgan fingerprint density at radius 3 is 2.39 bits per heavy atom. The summed E-state index contributed by atoms with van der Waals surface area (Å²) < 4.78 is 1.19. The Hall–Kier alpha value is -2.48. The van der Waals surface area contributed by atoms with Crippen LogP contribution >= 0.6 is 0 Å². The zero-order valence-corrected chi connectivity index (χ0v) is 17.0. The van der Waals surface area contributed by atoms with Gasteiger partial charge in [0.2, 0.25) is 0 Å². The van der Waals surface area contributed by atoms with Gasteiger partial charge in [-0.2, -0.15) is 4.68 Å². The maximum Gasteiger partial charge on any atom is 0.277 e. The first-order chi connectivity index (χ1) is 13.3. The van der Waals surface area contributed by atoms with Crippen molar-refractivity contribution in [1.82, 2.24) is 25.1 Å². The molecule has 0 aliphatic heterocycles. The number of nitrogens with one attached hydrogen (secondary N) is 2. The van der Waals surface area contributed by atoms with E-state index < -0.39 is 5.56 Å². The van der Waals surface area contributed by atoms with Gasteiger partial charge in [-0.15, -0.1) is 0 Å². The lowest BCUT2D eigenvalue weighted by atomic mass is 9.80. The number of aliphatic hydroxyl groups excluding tert-OH is 1. The second-order valence-corrected chi connectivity index (χ2v) is 8.12. The molecule has 28 heavy (non-hydrogen) atoms. The van der Waals surface area contributed by atoms with Gasteiger partial charge in [0.1, 0.15) is 5.69 Å². The highest BCUT2D eigenvalue weighted by Crippen LogP contribution is 2.28. The summed E-state index contributed by atoms with van der Waals surface area (Å²) in [5.41, 5.74) is 1.47. The number of nitrogens with zero attached hydrogens (tertiary/aromatic N) is 3. The molecule has 3 rings (SSSR count). The van der Waals surface area contributed by atoms with Crippen molar-refractivity contribution >= 4 is 5.91 Å². The lowest BCUT2D eigenvalue weighted by Gasteiger charge is -2.31. The van der Waals surface area contributed by atoms with Crippen LogP contribution in [-0.4, -0.2) is 43.4 Å². The third-order valence-corrected chi connectivity index (χ3v) is 5.26. The number of hydrogen-bond acceptors (Lipinski definition) is 5. The molecule has 8 heteroatoms. The highest BCUT2D eigenvalue weighted by Gasteiger charge is 2.28. The highest BCUT2D eigenvalue weighted by molar-refractivity contribution is 5.94. The summed E-state index contributed by atoms with van der Waals surface area (Å²) in [7, 11) is 0. The van der Waals surface area contributed by atoms with Gasteiger partial charge in [-0.25, -0.2) is 9.97 Å². The molecule has 1 fully saturated rings. The lowest BCUT2D eigenvalue weighted by molar-refractivity contribution is 0.0904. The van der Waals surface area contributed by atoms with Crippen LogP contribution in [-0.2, 0) is 6.42 Å². The first kappa shape index (κ1) is 20.3. The molecule has 0 aromatic carbocycles. The largest absolute Gasteiger partial charge is 0.396 e. The number of aromatic amines is 1. The summed E-state index contributed by atoms with van der Waals surface area (Å²) in [6.45, 7) is 7.81. The molecule has 1 aliphatic carbocycles. The molecule has 3 N–H and O–H groups in total. The van der Waals surface area contributed by atoms with Gasteiger partial charge >= 0.3 is 0 Å². The normalized spacial score (nSPS) is 22.2. The van der Waals surface area contributed by atoms with Crippen molar-refractivity contribution in [2.75, 3.05) is 6.61 Å². The Kier molecular flexibility index (Phi) is 5.98. The lowest BCUT2D eigenvalue weighted by Crippen LogP contribution is -2.40. The standard InChI is InChI=1S/C20H29N5O3/c1-11-7-12(2)9-15(8-11)23-18(27)17-16(5-6-26)19(28)25(24-17)20-21-13(3)10-14(4)22-20/h10-12,15,24,26H,5-9H2,1-4H3,(H,23,27). The van der Waals surface area contributed by atoms with Crippen LogP contribution < -0.4 is 10.9 Å². The maximum absolute atomic E-state index is 12.9. The van der Waals surface area contributed by atoms with E-state index in [2.05, 4.69) is 34.2 Å². The van der Waals surface area contributed by atoms with E-state index in [4.69, 9.17) is 0 Å². The number of amides is 1. The molecule has 0 bridgehead atoms. The fraction of sp³-hybridized carbons (Fsp3) is 0.600. The van der Waals surface area contributed by atoms with Gasteiger partial charge in [-0.05, 0) is 51.0 Å². The van der Waals surface area contributed by atoms with E-state index in [1.807, 2.05) is 19.9 Å². The van der Waals surface area contributed by atoms with Gasteiger partial charge in [-0.1, -0.05) is 13.8 Å². The number of carbonyl (C=O) groups excluding carboxylic acids is 1. The van der Waals surface area contributed by atoms with Crippen LogP contribution in [0.25, 0.3) is 5.95 Å².